The van der Waals surface area contributed by atoms with Gasteiger partial charge in [-0.1, -0.05) is 17.8 Å². The molecular weight excluding hydrogens is 274 g/mol. The summed E-state index contributed by atoms with van der Waals surface area (Å²) in [5, 5.41) is 3.89. The number of nitrogens with zero attached hydrogens (tertiary/aromatic N) is 2. The molecule has 2 aromatic rings. The predicted octanol–water partition coefficient (Wildman–Crippen LogP) is 3.18. The summed E-state index contributed by atoms with van der Waals surface area (Å²) >= 11 is 1.49. The lowest BCUT2D eigenvalue weighted by molar-refractivity contribution is -0.131. The number of hydrogen-bond donors (Lipinski definition) is 1. The fourth-order valence-electron chi connectivity index (χ4n) is 1.65. The van der Waals surface area contributed by atoms with Crippen LogP contribution in [0.15, 0.2) is 35.5 Å². The van der Waals surface area contributed by atoms with Crippen molar-refractivity contribution in [2.45, 2.75) is 19.0 Å². The molecule has 20 heavy (non-hydrogen) atoms. The Balaban J connectivity index is 2.21. The van der Waals surface area contributed by atoms with Gasteiger partial charge in [0.2, 0.25) is 0 Å². The molecule has 5 nitrogen and oxygen atoms in total. The van der Waals surface area contributed by atoms with E-state index in [0.29, 0.717) is 16.7 Å². The maximum Gasteiger partial charge on any atom is 0.308 e. The van der Waals surface area contributed by atoms with E-state index in [1.165, 1.54) is 18.7 Å². The highest BCUT2D eigenvalue weighted by molar-refractivity contribution is 7.98. The van der Waals surface area contributed by atoms with E-state index in [1.807, 2.05) is 31.4 Å². The minimum absolute atomic E-state index is 0.343. The summed E-state index contributed by atoms with van der Waals surface area (Å²) in [6.45, 7) is 3.29. The normalized spacial score (nSPS) is 10.2. The monoisotopic (exact) mass is 289 g/mol. The first kappa shape index (κ1) is 14.3. The standard InChI is InChI=1S/C14H15N3O2S/c1-9-7-13(17-14(15-9)20-3)16-11-5-4-6-12(8-11)19-10(2)18/h4-8H,1-3H3,(H,15,16,17). The Morgan fingerprint density at radius 2 is 2.10 bits per heavy atom. The number of carbonyl (C=O) groups excluding carboxylic acids is 1. The molecule has 0 amide bonds. The van der Waals surface area contributed by atoms with Crippen LogP contribution in [0.25, 0.3) is 0 Å². The lowest BCUT2D eigenvalue weighted by atomic mass is 10.3. The van der Waals surface area contributed by atoms with Crippen LogP contribution in [-0.2, 0) is 4.79 Å². The highest BCUT2D eigenvalue weighted by Crippen LogP contribution is 2.22. The third-order valence-electron chi connectivity index (χ3n) is 2.38. The Morgan fingerprint density at radius 3 is 2.80 bits per heavy atom. The Kier molecular flexibility index (Phi) is 4.57. The molecule has 0 aliphatic rings. The fourth-order valence-corrected chi connectivity index (χ4v) is 2.07. The van der Waals surface area contributed by atoms with Crippen LogP contribution >= 0.6 is 11.8 Å². The van der Waals surface area contributed by atoms with E-state index < -0.39 is 0 Å². The molecule has 0 radical (unpaired) electrons. The van der Waals surface area contributed by atoms with Crippen molar-refractivity contribution in [3.8, 4) is 5.75 Å². The maximum atomic E-state index is 10.9. The Bertz CT molecular complexity index is 632. The van der Waals surface area contributed by atoms with Crippen molar-refractivity contribution in [2.24, 2.45) is 0 Å². The Hall–Kier alpha value is -2.08. The van der Waals surface area contributed by atoms with Gasteiger partial charge in [0, 0.05) is 30.4 Å². The second-order valence-electron chi connectivity index (χ2n) is 4.13. The number of anilines is 2. The van der Waals surface area contributed by atoms with Crippen LogP contribution in [-0.4, -0.2) is 22.2 Å². The van der Waals surface area contributed by atoms with Crippen molar-refractivity contribution < 1.29 is 9.53 Å². The molecule has 0 saturated carbocycles. The molecule has 6 heteroatoms. The molecule has 0 fully saturated rings. The molecule has 0 unspecified atom stereocenters. The van der Waals surface area contributed by atoms with Gasteiger partial charge in [-0.15, -0.1) is 0 Å². The van der Waals surface area contributed by atoms with Gasteiger partial charge in [0.05, 0.1) is 0 Å². The second-order valence-corrected chi connectivity index (χ2v) is 4.90. The number of nitrogens with one attached hydrogen (secondary N) is 1. The summed E-state index contributed by atoms with van der Waals surface area (Å²) < 4.78 is 5.05. The molecule has 0 aliphatic heterocycles. The first-order valence-corrected chi connectivity index (χ1v) is 7.24. The van der Waals surface area contributed by atoms with Gasteiger partial charge >= 0.3 is 5.97 Å². The van der Waals surface area contributed by atoms with Gasteiger partial charge in [0.15, 0.2) is 5.16 Å². The summed E-state index contributed by atoms with van der Waals surface area (Å²) in [6.07, 6.45) is 1.93. The summed E-state index contributed by atoms with van der Waals surface area (Å²) in [7, 11) is 0. The number of hydrogen-bond acceptors (Lipinski definition) is 6. The molecule has 0 bridgehead atoms. The minimum Gasteiger partial charge on any atom is -0.427 e. The van der Waals surface area contributed by atoms with E-state index >= 15 is 0 Å². The zero-order valence-corrected chi connectivity index (χ0v) is 12.3. The van der Waals surface area contributed by atoms with E-state index in [1.54, 1.807) is 12.1 Å². The summed E-state index contributed by atoms with van der Waals surface area (Å²) in [4.78, 5) is 19.6. The quantitative estimate of drug-likeness (QED) is 0.403. The highest BCUT2D eigenvalue weighted by atomic mass is 32.2. The van der Waals surface area contributed by atoms with Crippen molar-refractivity contribution in [3.63, 3.8) is 0 Å². The summed E-state index contributed by atoms with van der Waals surface area (Å²) in [5.74, 6) is 0.866. The molecule has 0 atom stereocenters. The smallest absolute Gasteiger partial charge is 0.308 e. The van der Waals surface area contributed by atoms with Gasteiger partial charge in [0.1, 0.15) is 11.6 Å². The molecule has 0 spiro atoms. The molecule has 1 N–H and O–H groups in total. The van der Waals surface area contributed by atoms with E-state index in [2.05, 4.69) is 15.3 Å². The van der Waals surface area contributed by atoms with Crippen molar-refractivity contribution in [2.75, 3.05) is 11.6 Å². The molecule has 104 valence electrons. The zero-order valence-electron chi connectivity index (χ0n) is 11.5. The Labute approximate surface area is 121 Å². The minimum atomic E-state index is -0.343. The molecular formula is C14H15N3O2S. The van der Waals surface area contributed by atoms with E-state index in [-0.39, 0.29) is 5.97 Å². The number of aryl methyl sites for hydroxylation is 1. The van der Waals surface area contributed by atoms with E-state index in [0.717, 1.165) is 11.4 Å². The average molecular weight is 289 g/mol. The molecule has 1 heterocycles. The van der Waals surface area contributed by atoms with Gasteiger partial charge in [0.25, 0.3) is 0 Å². The largest absolute Gasteiger partial charge is 0.427 e. The number of benzene rings is 1. The van der Waals surface area contributed by atoms with Crippen LogP contribution in [0.3, 0.4) is 0 Å². The fraction of sp³-hybridized carbons (Fsp3) is 0.214. The van der Waals surface area contributed by atoms with Crippen molar-refractivity contribution >= 4 is 29.2 Å². The molecule has 0 aliphatic carbocycles. The van der Waals surface area contributed by atoms with Crippen LogP contribution < -0.4 is 10.1 Å². The highest BCUT2D eigenvalue weighted by Gasteiger charge is 2.04. The maximum absolute atomic E-state index is 10.9. The van der Waals surface area contributed by atoms with E-state index in [9.17, 15) is 4.79 Å². The molecule has 1 aromatic heterocycles. The van der Waals surface area contributed by atoms with Crippen LogP contribution in [0.4, 0.5) is 11.5 Å². The van der Waals surface area contributed by atoms with Gasteiger partial charge in [-0.2, -0.15) is 0 Å². The third kappa shape index (κ3) is 3.96. The van der Waals surface area contributed by atoms with Crippen LogP contribution in [0, 0.1) is 6.92 Å². The molecule has 0 saturated heterocycles. The molecule has 1 aromatic carbocycles. The van der Waals surface area contributed by atoms with Crippen LogP contribution in [0.1, 0.15) is 12.6 Å². The lowest BCUT2D eigenvalue weighted by Gasteiger charge is -2.09. The van der Waals surface area contributed by atoms with Crippen molar-refractivity contribution in [1.82, 2.24) is 9.97 Å². The topological polar surface area (TPSA) is 64.1 Å². The predicted molar refractivity (Wildman–Crippen MR) is 79.6 cm³/mol. The summed E-state index contributed by atoms with van der Waals surface area (Å²) in [5.41, 5.74) is 1.69. The van der Waals surface area contributed by atoms with Gasteiger partial charge in [-0.05, 0) is 25.3 Å². The third-order valence-corrected chi connectivity index (χ3v) is 2.93. The number of aromatic nitrogens is 2. The number of carbonyl (C=O) groups is 1. The number of ether oxygens (including phenoxy) is 1. The number of rotatable bonds is 4. The zero-order chi connectivity index (χ0) is 14.5. The van der Waals surface area contributed by atoms with Crippen LogP contribution in [0.5, 0.6) is 5.75 Å². The SMILES string of the molecule is CSc1nc(C)cc(Nc2cccc(OC(C)=O)c2)n1. The number of thioether (sulfide) groups is 1. The van der Waals surface area contributed by atoms with Crippen molar-refractivity contribution in [3.05, 3.63) is 36.0 Å². The first-order chi connectivity index (χ1) is 9.56. The van der Waals surface area contributed by atoms with Crippen molar-refractivity contribution in [1.29, 1.82) is 0 Å². The number of esters is 1. The van der Waals surface area contributed by atoms with E-state index in [4.69, 9.17) is 4.74 Å². The second kappa shape index (κ2) is 6.38. The van der Waals surface area contributed by atoms with Crippen LogP contribution in [0.2, 0.25) is 0 Å². The lowest BCUT2D eigenvalue weighted by Crippen LogP contribution is -2.02. The average Bonchev–Trinajstić information content (AvgIpc) is 2.37. The first-order valence-electron chi connectivity index (χ1n) is 6.02. The molecule has 2 rings (SSSR count). The van der Waals surface area contributed by atoms with Gasteiger partial charge < -0.3 is 10.1 Å². The van der Waals surface area contributed by atoms with Gasteiger partial charge in [-0.3, -0.25) is 4.79 Å². The summed E-state index contributed by atoms with van der Waals surface area (Å²) in [6, 6.07) is 9.02. The van der Waals surface area contributed by atoms with Gasteiger partial charge in [-0.25, -0.2) is 9.97 Å². The Morgan fingerprint density at radius 1 is 1.30 bits per heavy atom.